The van der Waals surface area contributed by atoms with Gasteiger partial charge in [-0.3, -0.25) is 0 Å². The molecule has 0 radical (unpaired) electrons. The van der Waals surface area contributed by atoms with Crippen molar-refractivity contribution in [1.82, 2.24) is 4.98 Å². The number of thiazole rings is 1. The van der Waals surface area contributed by atoms with Crippen molar-refractivity contribution in [2.75, 3.05) is 11.9 Å². The van der Waals surface area contributed by atoms with E-state index >= 15 is 0 Å². The van der Waals surface area contributed by atoms with Crippen molar-refractivity contribution in [2.45, 2.75) is 19.4 Å². The first-order valence-electron chi connectivity index (χ1n) is 5.02. The van der Waals surface area contributed by atoms with Crippen LogP contribution in [0.15, 0.2) is 24.3 Å². The lowest BCUT2D eigenvalue weighted by Crippen LogP contribution is -2.16. The van der Waals surface area contributed by atoms with Crippen molar-refractivity contribution < 1.29 is 5.11 Å². The fourth-order valence-electron chi connectivity index (χ4n) is 1.41. The number of aliphatic hydroxyl groups is 1. The number of nitrogens with zero attached hydrogens (tertiary/aromatic N) is 1. The number of fused-ring (bicyclic) bond motifs is 1. The Morgan fingerprint density at radius 2 is 2.27 bits per heavy atom. The van der Waals surface area contributed by atoms with Gasteiger partial charge in [0.1, 0.15) is 0 Å². The topological polar surface area (TPSA) is 45.1 Å². The number of hydrogen-bond acceptors (Lipinski definition) is 4. The number of para-hydroxylation sites is 1. The van der Waals surface area contributed by atoms with Crippen LogP contribution in [0.2, 0.25) is 0 Å². The minimum atomic E-state index is 0.207. The van der Waals surface area contributed by atoms with Gasteiger partial charge in [-0.25, -0.2) is 4.98 Å². The zero-order valence-corrected chi connectivity index (χ0v) is 9.42. The predicted molar refractivity (Wildman–Crippen MR) is 64.4 cm³/mol. The lowest BCUT2D eigenvalue weighted by molar-refractivity contribution is 0.282. The van der Waals surface area contributed by atoms with Gasteiger partial charge < -0.3 is 10.4 Å². The van der Waals surface area contributed by atoms with Crippen LogP contribution < -0.4 is 5.32 Å². The minimum absolute atomic E-state index is 0.207. The number of hydrogen-bond donors (Lipinski definition) is 2. The van der Waals surface area contributed by atoms with E-state index in [1.54, 1.807) is 11.3 Å². The average molecular weight is 222 g/mol. The lowest BCUT2D eigenvalue weighted by atomic mass is 10.2. The molecule has 1 aromatic carbocycles. The van der Waals surface area contributed by atoms with Crippen LogP contribution in [0.25, 0.3) is 10.2 Å². The predicted octanol–water partition coefficient (Wildman–Crippen LogP) is 2.48. The van der Waals surface area contributed by atoms with Gasteiger partial charge in [0.15, 0.2) is 5.13 Å². The quantitative estimate of drug-likeness (QED) is 0.835. The fourth-order valence-corrected chi connectivity index (χ4v) is 2.39. The maximum absolute atomic E-state index is 8.80. The molecule has 2 N–H and O–H groups in total. The zero-order chi connectivity index (χ0) is 10.7. The van der Waals surface area contributed by atoms with E-state index in [0.29, 0.717) is 0 Å². The highest BCUT2D eigenvalue weighted by molar-refractivity contribution is 7.22. The standard InChI is InChI=1S/C11H14N2OS/c1-8(6-7-14)12-11-13-9-4-2-3-5-10(9)15-11/h2-5,8,14H,6-7H2,1H3,(H,12,13). The molecular weight excluding hydrogens is 208 g/mol. The molecule has 1 atom stereocenters. The minimum Gasteiger partial charge on any atom is -0.396 e. The van der Waals surface area contributed by atoms with Crippen LogP contribution in [0, 0.1) is 0 Å². The molecule has 2 aromatic rings. The third-order valence-corrected chi connectivity index (χ3v) is 3.19. The summed E-state index contributed by atoms with van der Waals surface area (Å²) in [5, 5.41) is 13.0. The van der Waals surface area contributed by atoms with E-state index in [-0.39, 0.29) is 12.6 Å². The Morgan fingerprint density at radius 1 is 1.47 bits per heavy atom. The first-order chi connectivity index (χ1) is 7.29. The summed E-state index contributed by atoms with van der Waals surface area (Å²) in [5.41, 5.74) is 1.03. The van der Waals surface area contributed by atoms with E-state index in [1.165, 1.54) is 4.70 Å². The van der Waals surface area contributed by atoms with E-state index in [4.69, 9.17) is 5.11 Å². The maximum atomic E-state index is 8.80. The molecule has 0 spiro atoms. The Morgan fingerprint density at radius 3 is 3.00 bits per heavy atom. The Balaban J connectivity index is 2.15. The smallest absolute Gasteiger partial charge is 0.184 e. The van der Waals surface area contributed by atoms with Crippen molar-refractivity contribution >= 4 is 26.7 Å². The molecule has 0 fully saturated rings. The van der Waals surface area contributed by atoms with Gasteiger partial charge >= 0.3 is 0 Å². The monoisotopic (exact) mass is 222 g/mol. The molecule has 0 amide bonds. The van der Waals surface area contributed by atoms with Crippen LogP contribution >= 0.6 is 11.3 Å². The first kappa shape index (κ1) is 10.4. The second-order valence-corrected chi connectivity index (χ2v) is 4.58. The summed E-state index contributed by atoms with van der Waals surface area (Å²) in [7, 11) is 0. The molecule has 15 heavy (non-hydrogen) atoms. The molecular formula is C11H14N2OS. The number of anilines is 1. The van der Waals surface area contributed by atoms with Gasteiger partial charge in [0.25, 0.3) is 0 Å². The van der Waals surface area contributed by atoms with Gasteiger partial charge in [-0.1, -0.05) is 23.5 Å². The van der Waals surface area contributed by atoms with Gasteiger partial charge in [-0.15, -0.1) is 0 Å². The van der Waals surface area contributed by atoms with Crippen LogP contribution in [0.3, 0.4) is 0 Å². The number of nitrogens with one attached hydrogen (secondary N) is 1. The van der Waals surface area contributed by atoms with Gasteiger partial charge in [0, 0.05) is 12.6 Å². The summed E-state index contributed by atoms with van der Waals surface area (Å²) < 4.78 is 1.19. The molecule has 80 valence electrons. The van der Waals surface area contributed by atoms with Crippen molar-refractivity contribution in [3.05, 3.63) is 24.3 Å². The summed E-state index contributed by atoms with van der Waals surface area (Å²) in [4.78, 5) is 4.46. The van der Waals surface area contributed by atoms with Crippen LogP contribution in [-0.4, -0.2) is 22.7 Å². The highest BCUT2D eigenvalue weighted by Gasteiger charge is 2.05. The highest BCUT2D eigenvalue weighted by atomic mass is 32.1. The van der Waals surface area contributed by atoms with E-state index in [2.05, 4.69) is 16.4 Å². The molecule has 1 unspecified atom stereocenters. The Kier molecular flexibility index (Phi) is 3.18. The van der Waals surface area contributed by atoms with Gasteiger partial charge in [-0.05, 0) is 25.5 Å². The molecule has 0 aliphatic heterocycles. The van der Waals surface area contributed by atoms with E-state index in [0.717, 1.165) is 17.1 Å². The van der Waals surface area contributed by atoms with Crippen molar-refractivity contribution in [2.24, 2.45) is 0 Å². The molecule has 0 aliphatic rings. The maximum Gasteiger partial charge on any atom is 0.184 e. The van der Waals surface area contributed by atoms with Crippen LogP contribution in [-0.2, 0) is 0 Å². The molecule has 0 aliphatic carbocycles. The number of rotatable bonds is 4. The van der Waals surface area contributed by atoms with Crippen LogP contribution in [0.5, 0.6) is 0 Å². The van der Waals surface area contributed by atoms with Crippen LogP contribution in [0.4, 0.5) is 5.13 Å². The summed E-state index contributed by atoms with van der Waals surface area (Å²) in [6, 6.07) is 8.34. The lowest BCUT2D eigenvalue weighted by Gasteiger charge is -2.09. The molecule has 3 nitrogen and oxygen atoms in total. The third kappa shape index (κ3) is 2.46. The highest BCUT2D eigenvalue weighted by Crippen LogP contribution is 2.25. The molecule has 0 saturated heterocycles. The molecule has 0 bridgehead atoms. The second kappa shape index (κ2) is 4.59. The SMILES string of the molecule is CC(CCO)Nc1nc2ccccc2s1. The average Bonchev–Trinajstić information content (AvgIpc) is 2.59. The number of aliphatic hydroxyl groups excluding tert-OH is 1. The Labute approximate surface area is 92.8 Å². The molecule has 1 aromatic heterocycles. The summed E-state index contributed by atoms with van der Waals surface area (Å²) in [5.74, 6) is 0. The number of aromatic nitrogens is 1. The van der Waals surface area contributed by atoms with Crippen molar-refractivity contribution in [3.63, 3.8) is 0 Å². The molecule has 4 heteroatoms. The third-order valence-electron chi connectivity index (χ3n) is 2.23. The normalized spacial score (nSPS) is 12.9. The van der Waals surface area contributed by atoms with Gasteiger partial charge in [0.05, 0.1) is 10.2 Å². The largest absolute Gasteiger partial charge is 0.396 e. The second-order valence-electron chi connectivity index (χ2n) is 3.54. The van der Waals surface area contributed by atoms with Crippen molar-refractivity contribution in [1.29, 1.82) is 0 Å². The summed E-state index contributed by atoms with van der Waals surface area (Å²) in [6.45, 7) is 2.25. The molecule has 2 rings (SSSR count). The Hall–Kier alpha value is -1.13. The van der Waals surface area contributed by atoms with Gasteiger partial charge in [0.2, 0.25) is 0 Å². The fraction of sp³-hybridized carbons (Fsp3) is 0.364. The van der Waals surface area contributed by atoms with E-state index in [9.17, 15) is 0 Å². The first-order valence-corrected chi connectivity index (χ1v) is 5.84. The molecule has 1 heterocycles. The van der Waals surface area contributed by atoms with E-state index in [1.807, 2.05) is 25.1 Å². The molecule has 0 saturated carbocycles. The van der Waals surface area contributed by atoms with E-state index < -0.39 is 0 Å². The summed E-state index contributed by atoms with van der Waals surface area (Å²) in [6.07, 6.45) is 0.746. The van der Waals surface area contributed by atoms with Crippen LogP contribution in [0.1, 0.15) is 13.3 Å². The Bertz CT molecular complexity index is 408. The summed E-state index contributed by atoms with van der Waals surface area (Å²) >= 11 is 1.65. The van der Waals surface area contributed by atoms with Gasteiger partial charge in [-0.2, -0.15) is 0 Å². The number of benzene rings is 1. The van der Waals surface area contributed by atoms with Crippen molar-refractivity contribution in [3.8, 4) is 0 Å². The zero-order valence-electron chi connectivity index (χ0n) is 8.60.